The quantitative estimate of drug-likeness (QED) is 0.397. The highest BCUT2D eigenvalue weighted by Crippen LogP contribution is 2.31. The maximum Gasteiger partial charge on any atom is 0.416 e. The second-order valence-corrected chi connectivity index (χ2v) is 8.65. The molecular formula is C25H28F6N2O. The summed E-state index contributed by atoms with van der Waals surface area (Å²) in [5.74, 6) is 0.0970. The molecular weight excluding hydrogens is 458 g/mol. The first-order valence-corrected chi connectivity index (χ1v) is 11.3. The summed E-state index contributed by atoms with van der Waals surface area (Å²) in [6.07, 6.45) is -5.07. The lowest BCUT2D eigenvalue weighted by molar-refractivity contribution is -0.138. The summed E-state index contributed by atoms with van der Waals surface area (Å²) in [5.41, 5.74) is -0.682. The molecule has 0 aromatic heterocycles. The number of amides is 1. The lowest BCUT2D eigenvalue weighted by Crippen LogP contribution is -2.34. The minimum atomic E-state index is -4.48. The van der Waals surface area contributed by atoms with Crippen LogP contribution in [0, 0.1) is 0 Å². The Morgan fingerprint density at radius 1 is 0.794 bits per heavy atom. The summed E-state index contributed by atoms with van der Waals surface area (Å²) in [6.45, 7) is 1.92. The molecule has 34 heavy (non-hydrogen) atoms. The minimum Gasteiger partial charge on any atom is -0.343 e. The van der Waals surface area contributed by atoms with Crippen LogP contribution in [0.2, 0.25) is 0 Å². The molecule has 1 saturated heterocycles. The normalized spacial score (nSPS) is 15.6. The van der Waals surface area contributed by atoms with Gasteiger partial charge in [-0.2, -0.15) is 26.3 Å². The van der Waals surface area contributed by atoms with E-state index in [1.165, 1.54) is 12.1 Å². The Kier molecular flexibility index (Phi) is 8.62. The van der Waals surface area contributed by atoms with E-state index < -0.39 is 23.5 Å². The van der Waals surface area contributed by atoms with E-state index in [0.29, 0.717) is 43.6 Å². The van der Waals surface area contributed by atoms with Crippen molar-refractivity contribution < 1.29 is 31.1 Å². The zero-order chi connectivity index (χ0) is 24.8. The summed E-state index contributed by atoms with van der Waals surface area (Å²) >= 11 is 0. The van der Waals surface area contributed by atoms with Crippen LogP contribution in [0.5, 0.6) is 0 Å². The Hall–Kier alpha value is -2.55. The number of alkyl halides is 6. The van der Waals surface area contributed by atoms with Crippen molar-refractivity contribution in [2.45, 2.75) is 57.5 Å². The van der Waals surface area contributed by atoms with Gasteiger partial charge < -0.3 is 4.90 Å². The third-order valence-corrected chi connectivity index (χ3v) is 5.89. The highest BCUT2D eigenvalue weighted by molar-refractivity contribution is 5.76. The van der Waals surface area contributed by atoms with E-state index in [4.69, 9.17) is 0 Å². The topological polar surface area (TPSA) is 23.6 Å². The fourth-order valence-electron chi connectivity index (χ4n) is 4.18. The molecule has 0 saturated carbocycles. The largest absolute Gasteiger partial charge is 0.416 e. The van der Waals surface area contributed by atoms with Crippen LogP contribution >= 0.6 is 0 Å². The maximum atomic E-state index is 13.1. The number of rotatable bonds is 8. The summed E-state index contributed by atoms with van der Waals surface area (Å²) in [5, 5.41) is 0. The molecule has 1 fully saturated rings. The molecule has 1 heterocycles. The molecule has 0 radical (unpaired) electrons. The van der Waals surface area contributed by atoms with Crippen molar-refractivity contribution in [2.24, 2.45) is 0 Å². The molecule has 1 aliphatic rings. The molecule has 0 atom stereocenters. The van der Waals surface area contributed by atoms with Gasteiger partial charge in [0.05, 0.1) is 11.1 Å². The van der Waals surface area contributed by atoms with Crippen molar-refractivity contribution in [1.29, 1.82) is 0 Å². The lowest BCUT2D eigenvalue weighted by Gasteiger charge is -2.26. The number of likely N-dealkylation sites (tertiary alicyclic amines) is 1. The zero-order valence-corrected chi connectivity index (χ0v) is 18.8. The molecule has 2 aromatic rings. The van der Waals surface area contributed by atoms with Crippen LogP contribution in [0.3, 0.4) is 0 Å². The summed E-state index contributed by atoms with van der Waals surface area (Å²) in [6, 6.07) is 9.93. The Balaban J connectivity index is 1.74. The van der Waals surface area contributed by atoms with Crippen LogP contribution in [0.15, 0.2) is 48.5 Å². The summed E-state index contributed by atoms with van der Waals surface area (Å²) < 4.78 is 78.8. The van der Waals surface area contributed by atoms with Crippen LogP contribution in [0.25, 0.3) is 0 Å². The number of hydrogen-bond donors (Lipinski definition) is 0. The number of hydrogen-bond acceptors (Lipinski definition) is 2. The fourth-order valence-corrected chi connectivity index (χ4v) is 4.18. The first kappa shape index (κ1) is 26.1. The third-order valence-electron chi connectivity index (χ3n) is 5.89. The molecule has 0 unspecified atom stereocenters. The Morgan fingerprint density at radius 3 is 1.88 bits per heavy atom. The predicted octanol–water partition coefficient (Wildman–Crippen LogP) is 6.52. The molecule has 1 amide bonds. The monoisotopic (exact) mass is 486 g/mol. The third kappa shape index (κ3) is 7.75. The average Bonchev–Trinajstić information content (AvgIpc) is 2.97. The zero-order valence-electron chi connectivity index (χ0n) is 18.8. The van der Waals surface area contributed by atoms with E-state index >= 15 is 0 Å². The van der Waals surface area contributed by atoms with Gasteiger partial charge in [0.2, 0.25) is 5.91 Å². The van der Waals surface area contributed by atoms with E-state index in [-0.39, 0.29) is 19.0 Å². The second kappa shape index (κ2) is 11.3. The van der Waals surface area contributed by atoms with Crippen molar-refractivity contribution in [3.8, 4) is 0 Å². The Labute approximate surface area is 195 Å². The Bertz CT molecular complexity index is 897. The molecule has 3 rings (SSSR count). The number of carbonyl (C=O) groups excluding carboxylic acids is 1. The maximum absolute atomic E-state index is 13.1. The van der Waals surface area contributed by atoms with Crippen LogP contribution in [0.1, 0.15) is 54.4 Å². The summed E-state index contributed by atoms with van der Waals surface area (Å²) in [4.78, 5) is 15.9. The van der Waals surface area contributed by atoms with E-state index in [1.54, 1.807) is 17.0 Å². The van der Waals surface area contributed by atoms with Crippen molar-refractivity contribution in [2.75, 3.05) is 19.6 Å². The molecule has 186 valence electrons. The molecule has 0 bridgehead atoms. The molecule has 9 heteroatoms. The number of benzene rings is 2. The van der Waals surface area contributed by atoms with Crippen molar-refractivity contribution >= 4 is 5.91 Å². The molecule has 3 nitrogen and oxygen atoms in total. The highest BCUT2D eigenvalue weighted by Gasteiger charge is 2.31. The smallest absolute Gasteiger partial charge is 0.343 e. The fraction of sp³-hybridized carbons (Fsp3) is 0.480. The number of carbonyl (C=O) groups is 1. The van der Waals surface area contributed by atoms with Crippen molar-refractivity contribution in [3.63, 3.8) is 0 Å². The van der Waals surface area contributed by atoms with Crippen LogP contribution in [-0.4, -0.2) is 35.3 Å². The van der Waals surface area contributed by atoms with E-state index in [9.17, 15) is 31.1 Å². The van der Waals surface area contributed by atoms with Gasteiger partial charge in [-0.3, -0.25) is 9.69 Å². The minimum absolute atomic E-state index is 0.0970. The average molecular weight is 487 g/mol. The SMILES string of the molecule is O=C1CCCCCN1CCCN(Cc1cccc(C(F)(F)F)c1)Cc1cccc(C(F)(F)F)c1. The molecule has 1 aliphatic heterocycles. The number of halogens is 6. The molecule has 0 aliphatic carbocycles. The van der Waals surface area contributed by atoms with Gasteiger partial charge in [0.1, 0.15) is 0 Å². The molecule has 0 N–H and O–H groups in total. The molecule has 2 aromatic carbocycles. The van der Waals surface area contributed by atoms with E-state index in [2.05, 4.69) is 0 Å². The number of nitrogens with zero attached hydrogens (tertiary/aromatic N) is 2. The second-order valence-electron chi connectivity index (χ2n) is 8.65. The van der Waals surface area contributed by atoms with Gasteiger partial charge in [0, 0.05) is 39.1 Å². The van der Waals surface area contributed by atoms with Gasteiger partial charge in [-0.15, -0.1) is 0 Å². The van der Waals surface area contributed by atoms with E-state index in [1.807, 2.05) is 4.90 Å². The van der Waals surface area contributed by atoms with Gasteiger partial charge in [0.15, 0.2) is 0 Å². The van der Waals surface area contributed by atoms with E-state index in [0.717, 1.165) is 43.5 Å². The van der Waals surface area contributed by atoms with Crippen LogP contribution in [0.4, 0.5) is 26.3 Å². The van der Waals surface area contributed by atoms with Gasteiger partial charge in [-0.1, -0.05) is 42.8 Å². The first-order valence-electron chi connectivity index (χ1n) is 11.3. The Morgan fingerprint density at radius 2 is 1.35 bits per heavy atom. The van der Waals surface area contributed by atoms with Crippen molar-refractivity contribution in [1.82, 2.24) is 9.80 Å². The predicted molar refractivity (Wildman–Crippen MR) is 117 cm³/mol. The first-order chi connectivity index (χ1) is 16.0. The molecule has 0 spiro atoms. The van der Waals surface area contributed by atoms with Crippen LogP contribution in [-0.2, 0) is 30.2 Å². The van der Waals surface area contributed by atoms with Gasteiger partial charge in [-0.25, -0.2) is 0 Å². The standard InChI is InChI=1S/C25H28F6N2O/c26-24(27,28)21-9-4-7-19(15-21)17-32(12-6-14-33-13-3-1-2-11-23(33)34)18-20-8-5-10-22(16-20)25(29,30)31/h4-5,7-10,15-16H,1-3,6,11-14,17-18H2. The van der Waals surface area contributed by atoms with Gasteiger partial charge in [-0.05, 0) is 42.5 Å². The van der Waals surface area contributed by atoms with Crippen molar-refractivity contribution in [3.05, 3.63) is 70.8 Å². The van der Waals surface area contributed by atoms with Crippen LogP contribution < -0.4 is 0 Å². The van der Waals surface area contributed by atoms with Gasteiger partial charge in [0.25, 0.3) is 0 Å². The van der Waals surface area contributed by atoms with Gasteiger partial charge >= 0.3 is 12.4 Å². The lowest BCUT2D eigenvalue weighted by atomic mass is 10.1. The highest BCUT2D eigenvalue weighted by atomic mass is 19.4. The summed E-state index contributed by atoms with van der Waals surface area (Å²) in [7, 11) is 0.